The molecule has 2 aromatic heterocycles. The van der Waals surface area contributed by atoms with E-state index >= 15 is 0 Å². The molecular formula is C22H21N5O3. The SMILES string of the molecule is COc1ccc(-c2nn(-c3ccccc3)cc2Cn2nc(C)c([N+](=O)[O-])c2C)cc1. The Kier molecular flexibility index (Phi) is 5.05. The van der Waals surface area contributed by atoms with Crippen molar-refractivity contribution in [2.24, 2.45) is 0 Å². The number of rotatable bonds is 6. The van der Waals surface area contributed by atoms with Crippen LogP contribution in [-0.4, -0.2) is 31.6 Å². The zero-order valence-electron chi connectivity index (χ0n) is 16.9. The van der Waals surface area contributed by atoms with E-state index in [9.17, 15) is 10.1 Å². The summed E-state index contributed by atoms with van der Waals surface area (Å²) in [5, 5.41) is 20.6. The molecule has 0 spiro atoms. The van der Waals surface area contributed by atoms with E-state index in [1.807, 2.05) is 65.5 Å². The summed E-state index contributed by atoms with van der Waals surface area (Å²) in [4.78, 5) is 11.0. The van der Waals surface area contributed by atoms with Gasteiger partial charge in [-0.1, -0.05) is 18.2 Å². The molecular weight excluding hydrogens is 382 g/mol. The molecule has 0 aliphatic heterocycles. The topological polar surface area (TPSA) is 88.0 Å². The first-order chi connectivity index (χ1) is 14.5. The standard InChI is InChI=1S/C22H21N5O3/c1-15-22(27(28)29)16(2)25(23-15)13-18-14-26(19-7-5-4-6-8-19)24-21(18)17-9-11-20(30-3)12-10-17/h4-12,14H,13H2,1-3H3. The number of methoxy groups -OCH3 is 1. The van der Waals surface area contributed by atoms with Crippen LogP contribution in [0.3, 0.4) is 0 Å². The number of para-hydroxylation sites is 1. The fourth-order valence-electron chi connectivity index (χ4n) is 3.50. The third-order valence-corrected chi connectivity index (χ3v) is 5.02. The number of hydrogen-bond acceptors (Lipinski definition) is 5. The first-order valence-electron chi connectivity index (χ1n) is 9.44. The van der Waals surface area contributed by atoms with Crippen molar-refractivity contribution in [1.82, 2.24) is 19.6 Å². The van der Waals surface area contributed by atoms with Crippen LogP contribution >= 0.6 is 0 Å². The molecule has 0 bridgehead atoms. The number of ether oxygens (including phenoxy) is 1. The summed E-state index contributed by atoms with van der Waals surface area (Å²) < 4.78 is 8.73. The highest BCUT2D eigenvalue weighted by atomic mass is 16.6. The van der Waals surface area contributed by atoms with E-state index in [0.29, 0.717) is 17.9 Å². The van der Waals surface area contributed by atoms with Gasteiger partial charge in [0.25, 0.3) is 0 Å². The van der Waals surface area contributed by atoms with Crippen LogP contribution in [0.25, 0.3) is 16.9 Å². The van der Waals surface area contributed by atoms with Gasteiger partial charge in [0.1, 0.15) is 17.1 Å². The minimum Gasteiger partial charge on any atom is -0.497 e. The van der Waals surface area contributed by atoms with Gasteiger partial charge in [-0.05, 0) is 50.2 Å². The maximum absolute atomic E-state index is 11.4. The normalized spacial score (nSPS) is 10.9. The Bertz CT molecular complexity index is 1190. The summed E-state index contributed by atoms with van der Waals surface area (Å²) in [5.74, 6) is 0.761. The van der Waals surface area contributed by atoms with Crippen molar-refractivity contribution in [1.29, 1.82) is 0 Å². The predicted octanol–water partition coefficient (Wildman–Crippen LogP) is 4.32. The first-order valence-corrected chi connectivity index (χ1v) is 9.44. The second-order valence-electron chi connectivity index (χ2n) is 6.95. The molecule has 0 saturated carbocycles. The van der Waals surface area contributed by atoms with E-state index in [0.717, 1.165) is 28.3 Å². The minimum absolute atomic E-state index is 0.0523. The second kappa shape index (κ2) is 7.82. The van der Waals surface area contributed by atoms with Crippen LogP contribution in [0, 0.1) is 24.0 Å². The van der Waals surface area contributed by atoms with Crippen molar-refractivity contribution in [2.75, 3.05) is 7.11 Å². The highest BCUT2D eigenvalue weighted by molar-refractivity contribution is 5.64. The van der Waals surface area contributed by atoms with Crippen molar-refractivity contribution in [2.45, 2.75) is 20.4 Å². The van der Waals surface area contributed by atoms with Crippen molar-refractivity contribution in [3.05, 3.63) is 87.9 Å². The van der Waals surface area contributed by atoms with Gasteiger partial charge in [0.05, 0.1) is 30.0 Å². The third kappa shape index (κ3) is 3.55. The van der Waals surface area contributed by atoms with Gasteiger partial charge in [0.15, 0.2) is 0 Å². The predicted molar refractivity (Wildman–Crippen MR) is 113 cm³/mol. The molecule has 0 unspecified atom stereocenters. The maximum Gasteiger partial charge on any atom is 0.312 e. The smallest absolute Gasteiger partial charge is 0.312 e. The third-order valence-electron chi connectivity index (χ3n) is 5.02. The average Bonchev–Trinajstić information content (AvgIpc) is 3.29. The van der Waals surface area contributed by atoms with Crippen LogP contribution in [0.4, 0.5) is 5.69 Å². The lowest BCUT2D eigenvalue weighted by atomic mass is 10.1. The molecule has 0 saturated heterocycles. The summed E-state index contributed by atoms with van der Waals surface area (Å²) in [7, 11) is 1.63. The Hall–Kier alpha value is -3.94. The molecule has 4 rings (SSSR count). The number of nitrogens with zero attached hydrogens (tertiary/aromatic N) is 5. The fraction of sp³-hybridized carbons (Fsp3) is 0.182. The van der Waals surface area contributed by atoms with Gasteiger partial charge in [-0.2, -0.15) is 10.2 Å². The Morgan fingerprint density at radius 2 is 1.73 bits per heavy atom. The average molecular weight is 403 g/mol. The van der Waals surface area contributed by atoms with Crippen molar-refractivity contribution in [3.63, 3.8) is 0 Å². The van der Waals surface area contributed by atoms with Gasteiger partial charge < -0.3 is 4.74 Å². The van der Waals surface area contributed by atoms with Gasteiger partial charge in [-0.25, -0.2) is 4.68 Å². The number of aromatic nitrogens is 4. The van der Waals surface area contributed by atoms with Gasteiger partial charge in [-0.3, -0.25) is 14.8 Å². The Morgan fingerprint density at radius 1 is 1.03 bits per heavy atom. The lowest BCUT2D eigenvalue weighted by Gasteiger charge is -2.06. The Labute approximate surface area is 173 Å². The fourth-order valence-corrected chi connectivity index (χ4v) is 3.50. The molecule has 0 N–H and O–H groups in total. The molecule has 0 amide bonds. The molecule has 0 radical (unpaired) electrons. The first kappa shape index (κ1) is 19.4. The van der Waals surface area contributed by atoms with Gasteiger partial charge in [0.2, 0.25) is 0 Å². The van der Waals surface area contributed by atoms with Crippen LogP contribution in [0.5, 0.6) is 5.75 Å². The molecule has 30 heavy (non-hydrogen) atoms. The molecule has 0 aliphatic carbocycles. The zero-order valence-corrected chi connectivity index (χ0v) is 16.9. The molecule has 152 valence electrons. The van der Waals surface area contributed by atoms with E-state index < -0.39 is 0 Å². The number of nitro groups is 1. The van der Waals surface area contributed by atoms with Gasteiger partial charge >= 0.3 is 5.69 Å². The van der Waals surface area contributed by atoms with E-state index in [1.165, 1.54) is 0 Å². The lowest BCUT2D eigenvalue weighted by Crippen LogP contribution is -2.05. The minimum atomic E-state index is -0.383. The van der Waals surface area contributed by atoms with Crippen LogP contribution in [-0.2, 0) is 6.54 Å². The summed E-state index contributed by atoms with van der Waals surface area (Å²) in [6.07, 6.45) is 1.94. The van der Waals surface area contributed by atoms with E-state index in [2.05, 4.69) is 5.10 Å². The molecule has 0 atom stereocenters. The monoisotopic (exact) mass is 403 g/mol. The number of hydrogen-bond donors (Lipinski definition) is 0. The number of benzene rings is 2. The van der Waals surface area contributed by atoms with Crippen molar-refractivity contribution >= 4 is 5.69 Å². The molecule has 2 aromatic carbocycles. The highest BCUT2D eigenvalue weighted by Crippen LogP contribution is 2.28. The zero-order chi connectivity index (χ0) is 21.3. The largest absolute Gasteiger partial charge is 0.497 e. The van der Waals surface area contributed by atoms with Crippen molar-refractivity contribution in [3.8, 4) is 22.7 Å². The van der Waals surface area contributed by atoms with Crippen LogP contribution in [0.2, 0.25) is 0 Å². The quantitative estimate of drug-likeness (QED) is 0.353. The molecule has 8 heteroatoms. The molecule has 8 nitrogen and oxygen atoms in total. The van der Waals surface area contributed by atoms with E-state index in [1.54, 1.807) is 25.6 Å². The molecule has 2 heterocycles. The highest BCUT2D eigenvalue weighted by Gasteiger charge is 2.23. The molecule has 4 aromatic rings. The van der Waals surface area contributed by atoms with Gasteiger partial charge in [-0.15, -0.1) is 0 Å². The Morgan fingerprint density at radius 3 is 2.33 bits per heavy atom. The Balaban J connectivity index is 1.80. The van der Waals surface area contributed by atoms with Crippen LogP contribution < -0.4 is 4.74 Å². The second-order valence-corrected chi connectivity index (χ2v) is 6.95. The number of aryl methyl sites for hydroxylation is 1. The van der Waals surface area contributed by atoms with Crippen LogP contribution in [0.1, 0.15) is 17.0 Å². The van der Waals surface area contributed by atoms with Crippen molar-refractivity contribution < 1.29 is 9.66 Å². The summed E-state index contributed by atoms with van der Waals surface area (Å²) >= 11 is 0. The van der Waals surface area contributed by atoms with Gasteiger partial charge in [0, 0.05) is 17.3 Å². The lowest BCUT2D eigenvalue weighted by molar-refractivity contribution is -0.386. The maximum atomic E-state index is 11.4. The summed E-state index contributed by atoms with van der Waals surface area (Å²) in [5.41, 5.74) is 4.52. The van der Waals surface area contributed by atoms with E-state index in [4.69, 9.17) is 9.84 Å². The summed E-state index contributed by atoms with van der Waals surface area (Å²) in [6.45, 7) is 3.74. The summed E-state index contributed by atoms with van der Waals surface area (Å²) in [6, 6.07) is 17.5. The molecule has 0 aliphatic rings. The molecule has 0 fully saturated rings. The van der Waals surface area contributed by atoms with E-state index in [-0.39, 0.29) is 10.6 Å². The van der Waals surface area contributed by atoms with Crippen LogP contribution in [0.15, 0.2) is 60.8 Å².